The van der Waals surface area contributed by atoms with Gasteiger partial charge in [0.1, 0.15) is 5.01 Å². The molecule has 0 spiro atoms. The molecule has 14 heavy (non-hydrogen) atoms. The molecule has 0 atom stereocenters. The van der Waals surface area contributed by atoms with E-state index in [0.717, 1.165) is 19.9 Å². The predicted molar refractivity (Wildman–Crippen MR) is 60.9 cm³/mol. The number of rotatable bonds is 2. The van der Waals surface area contributed by atoms with Crippen molar-refractivity contribution in [2.75, 3.05) is 0 Å². The van der Waals surface area contributed by atoms with Crippen molar-refractivity contribution in [1.29, 1.82) is 0 Å². The van der Waals surface area contributed by atoms with Crippen LogP contribution in [0.25, 0.3) is 10.6 Å². The fourth-order valence-corrected chi connectivity index (χ4v) is 2.47. The van der Waals surface area contributed by atoms with Crippen molar-refractivity contribution in [3.8, 4) is 10.6 Å². The van der Waals surface area contributed by atoms with E-state index >= 15 is 0 Å². The Hall–Kier alpha value is -0.780. The molecule has 0 aliphatic carbocycles. The molecule has 5 heteroatoms. The third-order valence-corrected chi connectivity index (χ3v) is 3.44. The number of halogens is 1. The van der Waals surface area contributed by atoms with Gasteiger partial charge in [-0.05, 0) is 22.0 Å². The monoisotopic (exact) mass is 269 g/mol. The highest BCUT2D eigenvalue weighted by molar-refractivity contribution is 9.10. The number of aromatic nitrogens is 2. The minimum atomic E-state index is 0.542. The molecule has 0 aliphatic heterocycles. The molecule has 0 bridgehead atoms. The van der Waals surface area contributed by atoms with Crippen LogP contribution in [-0.2, 0) is 6.54 Å². The van der Waals surface area contributed by atoms with Gasteiger partial charge in [0.2, 0.25) is 0 Å². The number of thiazole rings is 1. The van der Waals surface area contributed by atoms with Crippen LogP contribution in [-0.4, -0.2) is 9.97 Å². The van der Waals surface area contributed by atoms with Crippen molar-refractivity contribution in [3.63, 3.8) is 0 Å². The van der Waals surface area contributed by atoms with Crippen LogP contribution in [0.15, 0.2) is 29.1 Å². The normalized spacial score (nSPS) is 10.4. The molecule has 2 aromatic heterocycles. The maximum absolute atomic E-state index is 5.53. The topological polar surface area (TPSA) is 51.8 Å². The Morgan fingerprint density at radius 3 is 2.93 bits per heavy atom. The average molecular weight is 270 g/mol. The van der Waals surface area contributed by atoms with Crippen molar-refractivity contribution in [2.24, 2.45) is 5.73 Å². The second-order valence-electron chi connectivity index (χ2n) is 2.69. The lowest BCUT2D eigenvalue weighted by molar-refractivity contribution is 1.10. The van der Waals surface area contributed by atoms with E-state index in [2.05, 4.69) is 25.9 Å². The highest BCUT2D eigenvalue weighted by Crippen LogP contribution is 2.30. The lowest BCUT2D eigenvalue weighted by atomic mass is 10.3. The van der Waals surface area contributed by atoms with Crippen LogP contribution in [0.5, 0.6) is 0 Å². The first-order valence-electron chi connectivity index (χ1n) is 4.06. The van der Waals surface area contributed by atoms with Crippen LogP contribution in [0.2, 0.25) is 0 Å². The number of pyridine rings is 1. The first-order valence-corrected chi connectivity index (χ1v) is 5.67. The second-order valence-corrected chi connectivity index (χ2v) is 4.66. The summed E-state index contributed by atoms with van der Waals surface area (Å²) >= 11 is 5.04. The van der Waals surface area contributed by atoms with Crippen LogP contribution in [0.1, 0.15) is 4.88 Å². The van der Waals surface area contributed by atoms with Crippen molar-refractivity contribution >= 4 is 27.3 Å². The summed E-state index contributed by atoms with van der Waals surface area (Å²) < 4.78 is 0.956. The Balaban J connectivity index is 2.44. The summed E-state index contributed by atoms with van der Waals surface area (Å²) in [6.45, 7) is 0.542. The van der Waals surface area contributed by atoms with E-state index in [0.29, 0.717) is 6.54 Å². The molecule has 0 saturated carbocycles. The lowest BCUT2D eigenvalue weighted by Crippen LogP contribution is -1.91. The molecule has 2 heterocycles. The van der Waals surface area contributed by atoms with E-state index in [1.54, 1.807) is 23.7 Å². The Bertz CT molecular complexity index is 441. The average Bonchev–Trinajstić information content (AvgIpc) is 2.67. The quantitative estimate of drug-likeness (QED) is 0.911. The highest BCUT2D eigenvalue weighted by Gasteiger charge is 2.06. The van der Waals surface area contributed by atoms with Gasteiger partial charge in [0, 0.05) is 40.0 Å². The zero-order chi connectivity index (χ0) is 9.97. The van der Waals surface area contributed by atoms with Crippen LogP contribution < -0.4 is 5.73 Å². The molecule has 0 saturated heterocycles. The minimum absolute atomic E-state index is 0.542. The third kappa shape index (κ3) is 1.84. The molecule has 0 aromatic carbocycles. The van der Waals surface area contributed by atoms with Gasteiger partial charge in [-0.3, -0.25) is 4.98 Å². The molecule has 2 rings (SSSR count). The fraction of sp³-hybridized carbons (Fsp3) is 0.111. The minimum Gasteiger partial charge on any atom is -0.326 e. The van der Waals surface area contributed by atoms with Gasteiger partial charge in [-0.15, -0.1) is 11.3 Å². The zero-order valence-electron chi connectivity index (χ0n) is 7.27. The Kier molecular flexibility index (Phi) is 2.90. The van der Waals surface area contributed by atoms with E-state index in [1.807, 2.05) is 12.3 Å². The Morgan fingerprint density at radius 2 is 2.29 bits per heavy atom. The Morgan fingerprint density at radius 1 is 1.43 bits per heavy atom. The molecule has 0 fully saturated rings. The first kappa shape index (κ1) is 9.76. The first-order chi connectivity index (χ1) is 6.81. The van der Waals surface area contributed by atoms with Gasteiger partial charge in [-0.2, -0.15) is 0 Å². The van der Waals surface area contributed by atoms with Crippen molar-refractivity contribution in [1.82, 2.24) is 9.97 Å². The summed E-state index contributed by atoms with van der Waals surface area (Å²) in [6, 6.07) is 1.93. The van der Waals surface area contributed by atoms with E-state index in [-0.39, 0.29) is 0 Å². The molecule has 2 N–H and O–H groups in total. The molecule has 0 amide bonds. The largest absolute Gasteiger partial charge is 0.326 e. The van der Waals surface area contributed by atoms with Crippen molar-refractivity contribution in [3.05, 3.63) is 34.0 Å². The van der Waals surface area contributed by atoms with E-state index in [9.17, 15) is 0 Å². The molecule has 0 radical (unpaired) electrons. The van der Waals surface area contributed by atoms with Crippen molar-refractivity contribution in [2.45, 2.75) is 6.54 Å². The van der Waals surface area contributed by atoms with Crippen LogP contribution in [0.4, 0.5) is 0 Å². The lowest BCUT2D eigenvalue weighted by Gasteiger charge is -1.97. The number of hydrogen-bond donors (Lipinski definition) is 1. The summed E-state index contributed by atoms with van der Waals surface area (Å²) in [4.78, 5) is 9.39. The number of nitrogens with zero attached hydrogens (tertiary/aromatic N) is 2. The molecule has 0 unspecified atom stereocenters. The van der Waals surface area contributed by atoms with Gasteiger partial charge in [0.05, 0.1) is 0 Å². The summed E-state index contributed by atoms with van der Waals surface area (Å²) in [5.41, 5.74) is 6.59. The van der Waals surface area contributed by atoms with Gasteiger partial charge >= 0.3 is 0 Å². The smallest absolute Gasteiger partial charge is 0.124 e. The van der Waals surface area contributed by atoms with E-state index in [4.69, 9.17) is 5.73 Å². The van der Waals surface area contributed by atoms with Crippen molar-refractivity contribution < 1.29 is 0 Å². The van der Waals surface area contributed by atoms with E-state index < -0.39 is 0 Å². The highest BCUT2D eigenvalue weighted by atomic mass is 79.9. The van der Waals surface area contributed by atoms with Gasteiger partial charge < -0.3 is 5.73 Å². The maximum atomic E-state index is 5.53. The van der Waals surface area contributed by atoms with E-state index in [1.165, 1.54) is 0 Å². The summed E-state index contributed by atoms with van der Waals surface area (Å²) in [7, 11) is 0. The zero-order valence-corrected chi connectivity index (χ0v) is 9.68. The van der Waals surface area contributed by atoms with Crippen LogP contribution >= 0.6 is 27.3 Å². The number of hydrogen-bond acceptors (Lipinski definition) is 4. The summed E-state index contributed by atoms with van der Waals surface area (Å²) in [6.07, 6.45) is 5.33. The molecular weight excluding hydrogens is 262 g/mol. The standard InChI is InChI=1S/C9H8BrN3S/c10-8-5-12-2-1-7(8)9-13-4-6(3-11)14-9/h1-2,4-5H,3,11H2. The second kappa shape index (κ2) is 4.16. The SMILES string of the molecule is NCc1cnc(-c2ccncc2Br)s1. The summed E-state index contributed by atoms with van der Waals surface area (Å²) in [5.74, 6) is 0. The van der Waals surface area contributed by atoms with Gasteiger partial charge in [-0.25, -0.2) is 4.98 Å². The molecular formula is C9H8BrN3S. The predicted octanol–water partition coefficient (Wildman–Crippen LogP) is 2.43. The third-order valence-electron chi connectivity index (χ3n) is 1.76. The van der Waals surface area contributed by atoms with Crippen LogP contribution in [0.3, 0.4) is 0 Å². The molecule has 2 aromatic rings. The molecule has 72 valence electrons. The fourth-order valence-electron chi connectivity index (χ4n) is 1.08. The summed E-state index contributed by atoms with van der Waals surface area (Å²) in [5, 5.41) is 0.972. The van der Waals surface area contributed by atoms with Gasteiger partial charge in [0.25, 0.3) is 0 Å². The number of nitrogens with two attached hydrogens (primary N) is 1. The molecule has 0 aliphatic rings. The van der Waals surface area contributed by atoms with Gasteiger partial charge in [0.15, 0.2) is 0 Å². The van der Waals surface area contributed by atoms with Crippen LogP contribution in [0, 0.1) is 0 Å². The maximum Gasteiger partial charge on any atom is 0.124 e. The van der Waals surface area contributed by atoms with Gasteiger partial charge in [-0.1, -0.05) is 0 Å². The Labute approximate surface area is 94.1 Å². The molecule has 3 nitrogen and oxygen atoms in total.